The lowest BCUT2D eigenvalue weighted by atomic mass is 10.2. The quantitative estimate of drug-likeness (QED) is 0.584. The minimum absolute atomic E-state index is 0.135. The van der Waals surface area contributed by atoms with Gasteiger partial charge in [0.15, 0.2) is 0 Å². The molecular formula is C18H16N4O3. The summed E-state index contributed by atoms with van der Waals surface area (Å²) < 4.78 is 0. The second-order valence-corrected chi connectivity index (χ2v) is 5.73. The molecule has 0 saturated heterocycles. The SMILES string of the molecule is CN(C)c1ccc(/C=C/c2nc3ccc([N+](=O)[O-])cc3c(=O)[nH]2)cc1. The van der Waals surface area contributed by atoms with E-state index in [0.29, 0.717) is 11.3 Å². The van der Waals surface area contributed by atoms with Gasteiger partial charge in [0.2, 0.25) is 0 Å². The van der Waals surface area contributed by atoms with E-state index in [0.717, 1.165) is 11.3 Å². The third-order valence-electron chi connectivity index (χ3n) is 3.76. The molecule has 1 heterocycles. The van der Waals surface area contributed by atoms with Gasteiger partial charge in [-0.25, -0.2) is 4.98 Å². The van der Waals surface area contributed by atoms with Gasteiger partial charge in [-0.05, 0) is 29.8 Å². The highest BCUT2D eigenvalue weighted by Gasteiger charge is 2.09. The van der Waals surface area contributed by atoms with Crippen LogP contribution < -0.4 is 10.5 Å². The maximum Gasteiger partial charge on any atom is 0.270 e. The van der Waals surface area contributed by atoms with Gasteiger partial charge in [0.1, 0.15) is 5.82 Å². The summed E-state index contributed by atoms with van der Waals surface area (Å²) >= 11 is 0. The first-order valence-corrected chi connectivity index (χ1v) is 7.58. The summed E-state index contributed by atoms with van der Waals surface area (Å²) in [6.45, 7) is 0. The Labute approximate surface area is 143 Å². The van der Waals surface area contributed by atoms with E-state index in [-0.39, 0.29) is 11.1 Å². The summed E-state index contributed by atoms with van der Waals surface area (Å²) in [6.07, 6.45) is 3.54. The third kappa shape index (κ3) is 3.55. The van der Waals surface area contributed by atoms with Gasteiger partial charge in [0.05, 0.1) is 15.8 Å². The van der Waals surface area contributed by atoms with Crippen molar-refractivity contribution in [2.24, 2.45) is 0 Å². The normalized spacial score (nSPS) is 11.1. The van der Waals surface area contributed by atoms with Crippen LogP contribution in [0.4, 0.5) is 11.4 Å². The molecule has 2 aromatic carbocycles. The lowest BCUT2D eigenvalue weighted by molar-refractivity contribution is -0.384. The summed E-state index contributed by atoms with van der Waals surface area (Å²) in [5, 5.41) is 11.0. The molecule has 0 spiro atoms. The van der Waals surface area contributed by atoms with Crippen molar-refractivity contribution in [2.45, 2.75) is 0 Å². The van der Waals surface area contributed by atoms with E-state index < -0.39 is 10.5 Å². The molecule has 0 atom stereocenters. The number of fused-ring (bicyclic) bond motifs is 1. The standard InChI is InChI=1S/C18H16N4O3/c1-21(2)13-6-3-12(4-7-13)5-10-17-19-16-9-8-14(22(24)25)11-15(16)18(23)20-17/h3-11H,1-2H3,(H,19,20,23)/b10-5+. The molecule has 0 radical (unpaired) electrons. The number of hydrogen-bond acceptors (Lipinski definition) is 5. The van der Waals surface area contributed by atoms with Crippen LogP contribution in [0.2, 0.25) is 0 Å². The molecule has 7 nitrogen and oxygen atoms in total. The minimum Gasteiger partial charge on any atom is -0.378 e. The number of nitro groups is 1. The monoisotopic (exact) mass is 336 g/mol. The summed E-state index contributed by atoms with van der Waals surface area (Å²) in [6, 6.07) is 12.0. The average Bonchev–Trinajstić information content (AvgIpc) is 2.60. The van der Waals surface area contributed by atoms with Gasteiger partial charge in [0, 0.05) is 31.9 Å². The van der Waals surface area contributed by atoms with Crippen LogP contribution in [0.5, 0.6) is 0 Å². The van der Waals surface area contributed by atoms with Gasteiger partial charge in [-0.3, -0.25) is 14.9 Å². The molecule has 126 valence electrons. The number of anilines is 1. The Bertz CT molecular complexity index is 1020. The number of nitro benzene ring substituents is 1. The Morgan fingerprint density at radius 3 is 2.48 bits per heavy atom. The topological polar surface area (TPSA) is 92.1 Å². The first kappa shape index (κ1) is 16.4. The summed E-state index contributed by atoms with van der Waals surface area (Å²) in [4.78, 5) is 31.4. The molecule has 0 aliphatic carbocycles. The fourth-order valence-corrected chi connectivity index (χ4v) is 2.40. The fraction of sp³-hybridized carbons (Fsp3) is 0.111. The van der Waals surface area contributed by atoms with Crippen molar-refractivity contribution in [3.8, 4) is 0 Å². The van der Waals surface area contributed by atoms with Crippen molar-refractivity contribution in [3.63, 3.8) is 0 Å². The predicted octanol–water partition coefficient (Wildman–Crippen LogP) is 3.07. The Balaban J connectivity index is 1.92. The van der Waals surface area contributed by atoms with Gasteiger partial charge in [-0.15, -0.1) is 0 Å². The molecule has 1 N–H and O–H groups in total. The van der Waals surface area contributed by atoms with Crippen molar-refractivity contribution in [1.82, 2.24) is 9.97 Å². The van der Waals surface area contributed by atoms with Crippen LogP contribution in [0.1, 0.15) is 11.4 Å². The lowest BCUT2D eigenvalue weighted by Crippen LogP contribution is -2.10. The first-order valence-electron chi connectivity index (χ1n) is 7.58. The van der Waals surface area contributed by atoms with E-state index in [1.807, 2.05) is 49.3 Å². The molecule has 0 aliphatic heterocycles. The Morgan fingerprint density at radius 1 is 1.12 bits per heavy atom. The summed E-state index contributed by atoms with van der Waals surface area (Å²) in [5.41, 5.74) is 1.94. The van der Waals surface area contributed by atoms with Crippen LogP contribution in [0.25, 0.3) is 23.1 Å². The van der Waals surface area contributed by atoms with Gasteiger partial charge in [-0.2, -0.15) is 0 Å². The molecule has 0 unspecified atom stereocenters. The van der Waals surface area contributed by atoms with Crippen molar-refractivity contribution >= 4 is 34.4 Å². The molecule has 1 aromatic heterocycles. The number of non-ortho nitro benzene ring substituents is 1. The maximum absolute atomic E-state index is 12.1. The largest absolute Gasteiger partial charge is 0.378 e. The highest BCUT2D eigenvalue weighted by Crippen LogP contribution is 2.17. The van der Waals surface area contributed by atoms with Crippen LogP contribution in [0.3, 0.4) is 0 Å². The van der Waals surface area contributed by atoms with E-state index in [2.05, 4.69) is 9.97 Å². The Kier molecular flexibility index (Phi) is 4.30. The van der Waals surface area contributed by atoms with Crippen molar-refractivity contribution in [3.05, 3.63) is 74.3 Å². The summed E-state index contributed by atoms with van der Waals surface area (Å²) in [7, 11) is 3.94. The average molecular weight is 336 g/mol. The number of nitrogens with zero attached hydrogens (tertiary/aromatic N) is 3. The minimum atomic E-state index is -0.538. The van der Waals surface area contributed by atoms with Crippen LogP contribution in [-0.2, 0) is 0 Å². The molecule has 7 heteroatoms. The van der Waals surface area contributed by atoms with E-state index in [4.69, 9.17) is 0 Å². The Hall–Kier alpha value is -3.48. The molecule has 0 aliphatic rings. The van der Waals surface area contributed by atoms with E-state index in [1.165, 1.54) is 18.2 Å². The van der Waals surface area contributed by atoms with Crippen molar-refractivity contribution in [2.75, 3.05) is 19.0 Å². The lowest BCUT2D eigenvalue weighted by Gasteiger charge is -2.11. The van der Waals surface area contributed by atoms with E-state index >= 15 is 0 Å². The van der Waals surface area contributed by atoms with Crippen LogP contribution >= 0.6 is 0 Å². The highest BCUT2D eigenvalue weighted by molar-refractivity contribution is 5.81. The zero-order valence-corrected chi connectivity index (χ0v) is 13.8. The smallest absolute Gasteiger partial charge is 0.270 e. The highest BCUT2D eigenvalue weighted by atomic mass is 16.6. The van der Waals surface area contributed by atoms with Crippen LogP contribution in [0.15, 0.2) is 47.3 Å². The zero-order chi connectivity index (χ0) is 18.0. The van der Waals surface area contributed by atoms with Crippen LogP contribution in [-0.4, -0.2) is 29.0 Å². The number of H-pyrrole nitrogens is 1. The molecule has 0 saturated carbocycles. The molecule has 0 bridgehead atoms. The van der Waals surface area contributed by atoms with Gasteiger partial charge < -0.3 is 9.88 Å². The number of aromatic amines is 1. The number of rotatable bonds is 4. The first-order chi connectivity index (χ1) is 11.9. The van der Waals surface area contributed by atoms with E-state index in [1.54, 1.807) is 6.08 Å². The molecule has 3 aromatic rings. The summed E-state index contributed by atoms with van der Waals surface area (Å²) in [5.74, 6) is 0.392. The second kappa shape index (κ2) is 6.56. The van der Waals surface area contributed by atoms with Gasteiger partial charge >= 0.3 is 0 Å². The van der Waals surface area contributed by atoms with Crippen molar-refractivity contribution in [1.29, 1.82) is 0 Å². The van der Waals surface area contributed by atoms with E-state index in [9.17, 15) is 14.9 Å². The molecule has 0 amide bonds. The molecular weight excluding hydrogens is 320 g/mol. The maximum atomic E-state index is 12.1. The third-order valence-corrected chi connectivity index (χ3v) is 3.76. The zero-order valence-electron chi connectivity index (χ0n) is 13.8. The molecule has 25 heavy (non-hydrogen) atoms. The molecule has 3 rings (SSSR count). The fourth-order valence-electron chi connectivity index (χ4n) is 2.40. The van der Waals surface area contributed by atoms with Gasteiger partial charge in [-0.1, -0.05) is 18.2 Å². The number of nitrogens with one attached hydrogen (secondary N) is 1. The number of aromatic nitrogens is 2. The molecule has 0 fully saturated rings. The van der Waals surface area contributed by atoms with Crippen LogP contribution in [0, 0.1) is 10.1 Å². The Morgan fingerprint density at radius 2 is 1.84 bits per heavy atom. The number of benzene rings is 2. The predicted molar refractivity (Wildman–Crippen MR) is 98.7 cm³/mol. The second-order valence-electron chi connectivity index (χ2n) is 5.73. The number of hydrogen-bond donors (Lipinski definition) is 1. The van der Waals surface area contributed by atoms with Gasteiger partial charge in [0.25, 0.3) is 11.2 Å². The van der Waals surface area contributed by atoms with Crippen molar-refractivity contribution < 1.29 is 4.92 Å².